The lowest BCUT2D eigenvalue weighted by Crippen LogP contribution is -2.33. The highest BCUT2D eigenvalue weighted by Crippen LogP contribution is 2.18. The molecule has 2 unspecified atom stereocenters. The maximum absolute atomic E-state index is 11.0. The van der Waals surface area contributed by atoms with E-state index in [2.05, 4.69) is 27.4 Å². The van der Waals surface area contributed by atoms with E-state index in [0.29, 0.717) is 0 Å². The number of alkyl halides is 3. The van der Waals surface area contributed by atoms with Gasteiger partial charge in [0.25, 0.3) is 0 Å². The van der Waals surface area contributed by atoms with Crippen LogP contribution in [0.15, 0.2) is 12.7 Å². The van der Waals surface area contributed by atoms with Crippen LogP contribution in [0.3, 0.4) is 0 Å². The lowest BCUT2D eigenvalue weighted by molar-refractivity contribution is -0.172. The summed E-state index contributed by atoms with van der Waals surface area (Å²) in [5, 5.41) is 17.9. The molecule has 2 atom stereocenters. The first-order chi connectivity index (χ1) is 15.1. The highest BCUT2D eigenvalue weighted by molar-refractivity contribution is 5.81. The Labute approximate surface area is 193 Å². The van der Waals surface area contributed by atoms with Gasteiger partial charge in [-0.1, -0.05) is 84.6 Å². The number of unbranched alkanes of at least 4 members (excludes halogenated alkanes) is 8. The molecule has 0 saturated carbocycles. The van der Waals surface area contributed by atoms with Crippen molar-refractivity contribution in [1.29, 1.82) is 0 Å². The van der Waals surface area contributed by atoms with Gasteiger partial charge in [-0.05, 0) is 18.8 Å². The van der Waals surface area contributed by atoms with Crippen molar-refractivity contribution in [2.24, 2.45) is 5.92 Å². The van der Waals surface area contributed by atoms with E-state index in [1.807, 2.05) is 0 Å². The van der Waals surface area contributed by atoms with Crippen LogP contribution in [0.5, 0.6) is 0 Å². The van der Waals surface area contributed by atoms with Crippen LogP contribution in [0.2, 0.25) is 0 Å². The topological polar surface area (TPSA) is 78.8 Å². The summed E-state index contributed by atoms with van der Waals surface area (Å²) in [5.41, 5.74) is 0. The largest absolute Gasteiger partial charge is 0.471 e. The summed E-state index contributed by atoms with van der Waals surface area (Å²) in [6.45, 7) is 11.1. The van der Waals surface area contributed by atoms with Crippen LogP contribution in [0.4, 0.5) is 13.2 Å². The molecule has 0 aromatic rings. The van der Waals surface area contributed by atoms with Crippen molar-refractivity contribution in [1.82, 2.24) is 5.32 Å². The molecule has 1 fully saturated rings. The van der Waals surface area contributed by atoms with Gasteiger partial charge in [-0.15, -0.1) is 6.58 Å². The first-order valence-electron chi connectivity index (χ1n) is 11.9. The maximum Gasteiger partial charge on any atom is 0.471 e. The Morgan fingerprint density at radius 2 is 1.50 bits per heavy atom. The molecule has 0 radical (unpaired) electrons. The number of carbonyl (C=O) groups is 1. The fourth-order valence-electron chi connectivity index (χ4n) is 2.72. The monoisotopic (exact) mass is 471 g/mol. The van der Waals surface area contributed by atoms with Crippen LogP contribution in [0, 0.1) is 5.92 Å². The van der Waals surface area contributed by atoms with Crippen LogP contribution >= 0.6 is 0 Å². The summed E-state index contributed by atoms with van der Waals surface area (Å²) in [7, 11) is 0.926. The van der Waals surface area contributed by atoms with E-state index in [-0.39, 0.29) is 19.3 Å². The number of aliphatic hydroxyl groups excluding tert-OH is 2. The number of hydrogen-bond donors (Lipinski definition) is 3. The van der Waals surface area contributed by atoms with Gasteiger partial charge in [0.2, 0.25) is 0 Å². The van der Waals surface area contributed by atoms with Crippen molar-refractivity contribution in [2.45, 2.75) is 104 Å². The number of carbonyl (C=O) groups excluding carboxylic acids is 1. The van der Waals surface area contributed by atoms with Gasteiger partial charge in [0.15, 0.2) is 0 Å². The third-order valence-corrected chi connectivity index (χ3v) is 4.65. The van der Waals surface area contributed by atoms with Gasteiger partial charge < -0.3 is 20.3 Å². The Bertz CT molecular complexity index is 399. The normalized spacial score (nSPS) is 17.4. The van der Waals surface area contributed by atoms with E-state index < -0.39 is 12.1 Å². The molecule has 0 aromatic carbocycles. The molecule has 1 aliphatic heterocycles. The number of ether oxygens (including phenoxy) is 1. The van der Waals surface area contributed by atoms with Crippen molar-refractivity contribution in [2.75, 3.05) is 26.9 Å². The Morgan fingerprint density at radius 1 is 1.06 bits per heavy atom. The zero-order valence-electron chi connectivity index (χ0n) is 20.7. The highest BCUT2D eigenvalue weighted by Gasteiger charge is 2.37. The second-order valence-electron chi connectivity index (χ2n) is 7.83. The number of amides is 1. The molecule has 1 aliphatic rings. The van der Waals surface area contributed by atoms with Crippen molar-refractivity contribution in [3.63, 3.8) is 0 Å². The molecule has 194 valence electrons. The molecule has 5 nitrogen and oxygen atoms in total. The molecule has 1 saturated heterocycles. The predicted molar refractivity (Wildman–Crippen MR) is 126 cm³/mol. The summed E-state index contributed by atoms with van der Waals surface area (Å²) in [6.07, 6.45) is 11.9. The average molecular weight is 472 g/mol. The quantitative estimate of drug-likeness (QED) is 0.278. The van der Waals surface area contributed by atoms with Crippen LogP contribution in [-0.2, 0) is 9.53 Å². The molecule has 1 heterocycles. The van der Waals surface area contributed by atoms with Crippen LogP contribution in [0.1, 0.15) is 91.4 Å². The molecule has 1 amide bonds. The Hall–Kier alpha value is -1.12. The number of nitrogens with one attached hydrogen (secondary N) is 1. The van der Waals surface area contributed by atoms with Gasteiger partial charge in [0.1, 0.15) is 0 Å². The van der Waals surface area contributed by atoms with Crippen LogP contribution in [-0.4, -0.2) is 55.3 Å². The highest BCUT2D eigenvalue weighted by atomic mass is 19.4. The van der Waals surface area contributed by atoms with Crippen molar-refractivity contribution in [3.8, 4) is 0 Å². The molecule has 8 heteroatoms. The fourth-order valence-corrected chi connectivity index (χ4v) is 2.72. The van der Waals surface area contributed by atoms with Gasteiger partial charge in [-0.2, -0.15) is 13.2 Å². The number of halogens is 3. The lowest BCUT2D eigenvalue weighted by atomic mass is 9.98. The van der Waals surface area contributed by atoms with Gasteiger partial charge in [0.05, 0.1) is 19.3 Å². The van der Waals surface area contributed by atoms with E-state index in [0.717, 1.165) is 32.4 Å². The number of hydrogen-bond acceptors (Lipinski definition) is 4. The van der Waals surface area contributed by atoms with Gasteiger partial charge in [-0.25, -0.2) is 0 Å². The van der Waals surface area contributed by atoms with Crippen LogP contribution in [0.25, 0.3) is 0 Å². The fraction of sp³-hybridized carbons (Fsp3) is 0.875. The number of aliphatic hydroxyl groups is 2. The summed E-state index contributed by atoms with van der Waals surface area (Å²) < 4.78 is 38.4. The smallest absolute Gasteiger partial charge is 0.394 e. The van der Waals surface area contributed by atoms with Crippen LogP contribution < -0.4 is 5.32 Å². The summed E-state index contributed by atoms with van der Waals surface area (Å²) in [5.74, 6) is -1.19. The summed E-state index contributed by atoms with van der Waals surface area (Å²) in [6, 6.07) is 0. The Morgan fingerprint density at radius 3 is 1.72 bits per heavy atom. The Kier molecular flexibility index (Phi) is 29.0. The van der Waals surface area contributed by atoms with Gasteiger partial charge >= 0.3 is 12.1 Å². The minimum absolute atomic E-state index is 0.0833. The standard InChI is InChI=1S/C11H24.C7H14O2.C3H4F3NO.C3H6O/c1-3-5-7-9-11-10-8-6-4-2;1-6-2-3-9-7(4-6)5-8;1-7-2(8)3(4,5)6;1-2-3-4/h3-11H2,1-2H3;6-8H,2-5H2,1H3;1H3,(H,7,8);2,4H,1,3H2. The molecular formula is C24H48F3NO4. The summed E-state index contributed by atoms with van der Waals surface area (Å²) >= 11 is 0. The van der Waals surface area contributed by atoms with Crippen molar-refractivity contribution in [3.05, 3.63) is 12.7 Å². The zero-order chi connectivity index (χ0) is 25.3. The molecular weight excluding hydrogens is 423 g/mol. The second kappa shape index (κ2) is 26.1. The molecule has 0 aliphatic carbocycles. The molecule has 0 bridgehead atoms. The zero-order valence-corrected chi connectivity index (χ0v) is 20.7. The number of rotatable bonds is 10. The first-order valence-corrected chi connectivity index (χ1v) is 11.9. The van der Waals surface area contributed by atoms with E-state index in [1.54, 1.807) is 0 Å². The second-order valence-corrected chi connectivity index (χ2v) is 7.83. The maximum atomic E-state index is 11.0. The molecule has 0 aromatic heterocycles. The van der Waals surface area contributed by atoms with E-state index in [9.17, 15) is 18.0 Å². The molecule has 0 spiro atoms. The predicted octanol–water partition coefficient (Wildman–Crippen LogP) is 5.79. The lowest BCUT2D eigenvalue weighted by Gasteiger charge is -2.25. The molecule has 32 heavy (non-hydrogen) atoms. The minimum atomic E-state index is -4.74. The third-order valence-electron chi connectivity index (χ3n) is 4.65. The van der Waals surface area contributed by atoms with Gasteiger partial charge in [-0.3, -0.25) is 4.79 Å². The average Bonchev–Trinajstić information content (AvgIpc) is 2.78. The SMILES string of the molecule is C=CCO.CC1CCOC(CO)C1.CCCCCCCCCCC.CNC(=O)C(F)(F)F. The van der Waals surface area contributed by atoms with E-state index in [4.69, 9.17) is 14.9 Å². The van der Waals surface area contributed by atoms with Crippen molar-refractivity contribution >= 4 is 5.91 Å². The molecule has 3 N–H and O–H groups in total. The minimum Gasteiger partial charge on any atom is -0.394 e. The first kappa shape index (κ1) is 35.5. The Balaban J connectivity index is -0.000000367. The van der Waals surface area contributed by atoms with Crippen molar-refractivity contribution < 1.29 is 32.9 Å². The summed E-state index contributed by atoms with van der Waals surface area (Å²) in [4.78, 5) is 9.60. The third kappa shape index (κ3) is 28.9. The molecule has 1 rings (SSSR count). The van der Waals surface area contributed by atoms with Gasteiger partial charge in [0, 0.05) is 13.7 Å². The van der Waals surface area contributed by atoms with E-state index in [1.165, 1.54) is 69.2 Å². The van der Waals surface area contributed by atoms with E-state index >= 15 is 0 Å².